The van der Waals surface area contributed by atoms with Crippen LogP contribution in [0.2, 0.25) is 0 Å². The maximum absolute atomic E-state index is 12.6. The summed E-state index contributed by atoms with van der Waals surface area (Å²) >= 11 is 0. The van der Waals surface area contributed by atoms with Gasteiger partial charge in [0.2, 0.25) is 0 Å². The Morgan fingerprint density at radius 2 is 1.65 bits per heavy atom. The lowest BCUT2D eigenvalue weighted by Gasteiger charge is -2.15. The Morgan fingerprint density at radius 1 is 1.00 bits per heavy atom. The van der Waals surface area contributed by atoms with E-state index in [9.17, 15) is 9.59 Å². The Morgan fingerprint density at radius 3 is 2.35 bits per heavy atom. The highest BCUT2D eigenvalue weighted by atomic mass is 16.6. The highest BCUT2D eigenvalue weighted by Gasteiger charge is 2.14. The van der Waals surface area contributed by atoms with Crippen molar-refractivity contribution in [3.63, 3.8) is 0 Å². The molecule has 0 spiro atoms. The molecule has 116 valence electrons. The van der Waals surface area contributed by atoms with Crippen molar-refractivity contribution in [2.75, 3.05) is 14.1 Å². The van der Waals surface area contributed by atoms with Crippen LogP contribution in [0.1, 0.15) is 0 Å². The standard InChI is InChI=1S/C18H16N2O3/c1-19(2)18(22)23-16-12-17(21)20(13-8-4-3-5-9-13)15-11-7-6-10-14(15)16/h3-12H,1-2H3. The third-order valence-corrected chi connectivity index (χ3v) is 3.46. The van der Waals surface area contributed by atoms with E-state index in [0.29, 0.717) is 10.9 Å². The van der Waals surface area contributed by atoms with Crippen molar-refractivity contribution < 1.29 is 9.53 Å². The molecule has 5 heteroatoms. The molecule has 0 radical (unpaired) electrons. The van der Waals surface area contributed by atoms with Crippen LogP contribution in [0.15, 0.2) is 65.5 Å². The number of amides is 1. The van der Waals surface area contributed by atoms with Gasteiger partial charge in [-0.05, 0) is 24.3 Å². The summed E-state index contributed by atoms with van der Waals surface area (Å²) in [5.74, 6) is 0.261. The van der Waals surface area contributed by atoms with E-state index >= 15 is 0 Å². The number of hydrogen-bond donors (Lipinski definition) is 0. The minimum absolute atomic E-state index is 0.253. The molecule has 1 aromatic heterocycles. The zero-order valence-corrected chi connectivity index (χ0v) is 12.9. The summed E-state index contributed by atoms with van der Waals surface area (Å²) < 4.78 is 6.93. The van der Waals surface area contributed by atoms with E-state index in [2.05, 4.69) is 0 Å². The maximum Gasteiger partial charge on any atom is 0.414 e. The first kappa shape index (κ1) is 14.8. The predicted molar refractivity (Wildman–Crippen MR) is 89.3 cm³/mol. The molecule has 3 rings (SSSR count). The summed E-state index contributed by atoms with van der Waals surface area (Å²) in [5, 5.41) is 0.700. The number of pyridine rings is 1. The van der Waals surface area contributed by atoms with Gasteiger partial charge in [0, 0.05) is 31.2 Å². The molecule has 0 unspecified atom stereocenters. The molecule has 0 aliphatic heterocycles. The number of para-hydroxylation sites is 2. The summed E-state index contributed by atoms with van der Waals surface area (Å²) in [6, 6.07) is 18.0. The van der Waals surface area contributed by atoms with E-state index in [1.165, 1.54) is 11.0 Å². The third-order valence-electron chi connectivity index (χ3n) is 3.46. The Hall–Kier alpha value is -3.08. The largest absolute Gasteiger partial charge is 0.414 e. The lowest BCUT2D eigenvalue weighted by molar-refractivity contribution is 0.172. The van der Waals surface area contributed by atoms with E-state index in [4.69, 9.17) is 4.74 Å². The van der Waals surface area contributed by atoms with Gasteiger partial charge in [0.15, 0.2) is 0 Å². The molecule has 0 N–H and O–H groups in total. The van der Waals surface area contributed by atoms with Gasteiger partial charge in [-0.2, -0.15) is 0 Å². The minimum Gasteiger partial charge on any atom is -0.409 e. The fraction of sp³-hybridized carbons (Fsp3) is 0.111. The average Bonchev–Trinajstić information content (AvgIpc) is 2.55. The van der Waals surface area contributed by atoms with Gasteiger partial charge < -0.3 is 9.64 Å². The molecule has 0 saturated carbocycles. The van der Waals surface area contributed by atoms with E-state index in [1.54, 1.807) is 18.7 Å². The highest BCUT2D eigenvalue weighted by molar-refractivity contribution is 5.88. The van der Waals surface area contributed by atoms with Crippen LogP contribution >= 0.6 is 0 Å². The van der Waals surface area contributed by atoms with Crippen LogP contribution in [0.25, 0.3) is 16.6 Å². The Bertz CT molecular complexity index is 914. The van der Waals surface area contributed by atoms with Gasteiger partial charge in [0.05, 0.1) is 5.52 Å². The number of ether oxygens (including phenoxy) is 1. The number of carbonyl (C=O) groups excluding carboxylic acids is 1. The van der Waals surface area contributed by atoms with Gasteiger partial charge in [-0.15, -0.1) is 0 Å². The first-order chi connectivity index (χ1) is 11.1. The van der Waals surface area contributed by atoms with Gasteiger partial charge >= 0.3 is 6.09 Å². The molecule has 5 nitrogen and oxygen atoms in total. The van der Waals surface area contributed by atoms with Gasteiger partial charge in [0.25, 0.3) is 5.56 Å². The Kier molecular flexibility index (Phi) is 3.85. The number of benzene rings is 2. The molecule has 23 heavy (non-hydrogen) atoms. The summed E-state index contributed by atoms with van der Waals surface area (Å²) in [4.78, 5) is 25.7. The zero-order chi connectivity index (χ0) is 16.4. The second-order valence-electron chi connectivity index (χ2n) is 5.30. The van der Waals surface area contributed by atoms with Gasteiger partial charge in [-0.1, -0.05) is 30.3 Å². The molecule has 0 saturated heterocycles. The van der Waals surface area contributed by atoms with Crippen molar-refractivity contribution in [1.29, 1.82) is 0 Å². The first-order valence-corrected chi connectivity index (χ1v) is 7.17. The van der Waals surface area contributed by atoms with E-state index < -0.39 is 6.09 Å². The highest BCUT2D eigenvalue weighted by Crippen LogP contribution is 2.25. The first-order valence-electron chi connectivity index (χ1n) is 7.17. The van der Waals surface area contributed by atoms with Crippen LogP contribution in [-0.4, -0.2) is 29.7 Å². The SMILES string of the molecule is CN(C)C(=O)Oc1cc(=O)n(-c2ccccc2)c2ccccc12. The van der Waals surface area contributed by atoms with E-state index in [0.717, 1.165) is 5.69 Å². The Balaban J connectivity index is 2.24. The molecule has 0 bridgehead atoms. The number of aromatic nitrogens is 1. The smallest absolute Gasteiger partial charge is 0.409 e. The zero-order valence-electron chi connectivity index (χ0n) is 12.9. The monoisotopic (exact) mass is 308 g/mol. The normalized spacial score (nSPS) is 10.5. The summed E-state index contributed by atoms with van der Waals surface area (Å²) in [6.07, 6.45) is -0.521. The summed E-state index contributed by atoms with van der Waals surface area (Å²) in [7, 11) is 3.19. The van der Waals surface area contributed by atoms with E-state index in [-0.39, 0.29) is 11.3 Å². The molecule has 0 atom stereocenters. The van der Waals surface area contributed by atoms with Crippen molar-refractivity contribution in [2.45, 2.75) is 0 Å². The van der Waals surface area contributed by atoms with E-state index in [1.807, 2.05) is 54.6 Å². The third kappa shape index (κ3) is 2.81. The number of rotatable bonds is 2. The van der Waals surface area contributed by atoms with Crippen LogP contribution in [-0.2, 0) is 0 Å². The number of fused-ring (bicyclic) bond motifs is 1. The van der Waals surface area contributed by atoms with Gasteiger partial charge in [0.1, 0.15) is 5.75 Å². The van der Waals surface area contributed by atoms with Gasteiger partial charge in [-0.3, -0.25) is 9.36 Å². The lowest BCUT2D eigenvalue weighted by Crippen LogP contribution is -2.26. The van der Waals surface area contributed by atoms with Crippen LogP contribution in [0, 0.1) is 0 Å². The summed E-state index contributed by atoms with van der Waals surface area (Å²) in [6.45, 7) is 0. The van der Waals surface area contributed by atoms with Crippen molar-refractivity contribution in [1.82, 2.24) is 9.47 Å². The second kappa shape index (κ2) is 5.96. The van der Waals surface area contributed by atoms with Gasteiger partial charge in [-0.25, -0.2) is 4.79 Å². The van der Waals surface area contributed by atoms with Crippen molar-refractivity contribution in [2.24, 2.45) is 0 Å². The van der Waals surface area contributed by atoms with Crippen molar-refractivity contribution in [3.05, 3.63) is 71.0 Å². The van der Waals surface area contributed by atoms with Crippen LogP contribution < -0.4 is 10.3 Å². The molecular formula is C18H16N2O3. The van der Waals surface area contributed by atoms with Crippen molar-refractivity contribution in [3.8, 4) is 11.4 Å². The average molecular weight is 308 g/mol. The molecule has 2 aromatic carbocycles. The predicted octanol–water partition coefficient (Wildman–Crippen LogP) is 3.05. The fourth-order valence-corrected chi connectivity index (χ4v) is 2.36. The molecule has 1 amide bonds. The molecule has 0 aliphatic carbocycles. The van der Waals surface area contributed by atoms with Crippen LogP contribution in [0.3, 0.4) is 0 Å². The lowest BCUT2D eigenvalue weighted by atomic mass is 10.2. The maximum atomic E-state index is 12.6. The quantitative estimate of drug-likeness (QED) is 0.731. The Labute approximate surface area is 133 Å². The number of nitrogens with zero attached hydrogens (tertiary/aromatic N) is 2. The number of carbonyl (C=O) groups is 1. The summed E-state index contributed by atoms with van der Waals surface area (Å²) in [5.41, 5.74) is 1.20. The van der Waals surface area contributed by atoms with Crippen LogP contribution in [0.4, 0.5) is 4.79 Å². The molecule has 3 aromatic rings. The molecule has 0 aliphatic rings. The molecule has 1 heterocycles. The minimum atomic E-state index is -0.521. The second-order valence-corrected chi connectivity index (χ2v) is 5.30. The fourth-order valence-electron chi connectivity index (χ4n) is 2.36. The van der Waals surface area contributed by atoms with Crippen LogP contribution in [0.5, 0.6) is 5.75 Å². The van der Waals surface area contributed by atoms with Crippen molar-refractivity contribution >= 4 is 17.0 Å². The topological polar surface area (TPSA) is 51.5 Å². The molecule has 0 fully saturated rings. The number of hydrogen-bond acceptors (Lipinski definition) is 3. The molecular weight excluding hydrogens is 292 g/mol.